The van der Waals surface area contributed by atoms with E-state index in [-0.39, 0.29) is 12.0 Å². The third kappa shape index (κ3) is 3.59. The maximum atomic E-state index is 9.58. The third-order valence-electron chi connectivity index (χ3n) is 3.16. The molecule has 0 aromatic heterocycles. The smallest absolute Gasteiger partial charge is 0.0502 e. The molecule has 3 N–H and O–H groups in total. The molecule has 4 heteroatoms. The topological polar surface area (TPSA) is 46.2 Å². The maximum absolute atomic E-state index is 9.58. The van der Waals surface area contributed by atoms with Gasteiger partial charge >= 0.3 is 0 Å². The Kier molecular flexibility index (Phi) is 5.74. The van der Waals surface area contributed by atoms with Gasteiger partial charge in [0.25, 0.3) is 0 Å². The minimum atomic E-state index is -0.316. The molecule has 0 bridgehead atoms. The van der Waals surface area contributed by atoms with E-state index in [1.54, 1.807) is 0 Å². The summed E-state index contributed by atoms with van der Waals surface area (Å²) in [5.41, 5.74) is 6.37. The van der Waals surface area contributed by atoms with Crippen molar-refractivity contribution in [3.63, 3.8) is 0 Å². The van der Waals surface area contributed by atoms with E-state index in [0.29, 0.717) is 23.0 Å². The Morgan fingerprint density at radius 1 is 1.29 bits per heavy atom. The van der Waals surface area contributed by atoms with Crippen LogP contribution in [0, 0.1) is 5.41 Å². The van der Waals surface area contributed by atoms with Crippen molar-refractivity contribution in [1.29, 1.82) is 0 Å². The van der Waals surface area contributed by atoms with Crippen LogP contribution in [0.2, 0.25) is 10.0 Å². The van der Waals surface area contributed by atoms with Crippen LogP contribution >= 0.6 is 23.2 Å². The predicted molar refractivity (Wildman–Crippen MR) is 73.6 cm³/mol. The highest BCUT2D eigenvalue weighted by Gasteiger charge is 2.29. The fourth-order valence-corrected chi connectivity index (χ4v) is 2.60. The zero-order chi connectivity index (χ0) is 12.9. The van der Waals surface area contributed by atoms with Crippen molar-refractivity contribution in [2.24, 2.45) is 11.1 Å². The highest BCUT2D eigenvalue weighted by molar-refractivity contribution is 6.36. The molecule has 0 saturated carbocycles. The van der Waals surface area contributed by atoms with Crippen LogP contribution in [0.1, 0.15) is 25.3 Å². The summed E-state index contributed by atoms with van der Waals surface area (Å²) >= 11 is 12.3. The van der Waals surface area contributed by atoms with Crippen molar-refractivity contribution in [3.05, 3.63) is 33.8 Å². The number of hydrogen-bond acceptors (Lipinski definition) is 2. The van der Waals surface area contributed by atoms with Crippen molar-refractivity contribution in [3.8, 4) is 0 Å². The van der Waals surface area contributed by atoms with Crippen LogP contribution in [-0.4, -0.2) is 18.3 Å². The van der Waals surface area contributed by atoms with E-state index >= 15 is 0 Å². The minimum absolute atomic E-state index is 0.0545. The fourth-order valence-electron chi connectivity index (χ4n) is 2.07. The van der Waals surface area contributed by atoms with E-state index in [4.69, 9.17) is 28.9 Å². The molecule has 0 spiro atoms. The van der Waals surface area contributed by atoms with Gasteiger partial charge in [0, 0.05) is 22.0 Å². The highest BCUT2D eigenvalue weighted by atomic mass is 35.5. The van der Waals surface area contributed by atoms with Gasteiger partial charge in [-0.2, -0.15) is 0 Å². The second-order valence-electron chi connectivity index (χ2n) is 4.49. The van der Waals surface area contributed by atoms with Gasteiger partial charge in [-0.3, -0.25) is 0 Å². The van der Waals surface area contributed by atoms with E-state index in [1.165, 1.54) is 0 Å². The van der Waals surface area contributed by atoms with Crippen LogP contribution in [0.15, 0.2) is 18.2 Å². The second-order valence-corrected chi connectivity index (χ2v) is 5.30. The summed E-state index contributed by atoms with van der Waals surface area (Å²) in [5.74, 6) is 0. The minimum Gasteiger partial charge on any atom is -0.396 e. The lowest BCUT2D eigenvalue weighted by Crippen LogP contribution is -2.36. The number of hydrogen-bond donors (Lipinski definition) is 2. The van der Waals surface area contributed by atoms with Crippen LogP contribution in [-0.2, 0) is 6.42 Å². The second kappa shape index (κ2) is 6.60. The SMILES string of the molecule is CCCC(CN)(CO)Cc1c(Cl)cccc1Cl. The first-order valence-electron chi connectivity index (χ1n) is 5.82. The van der Waals surface area contributed by atoms with Crippen molar-refractivity contribution in [2.75, 3.05) is 13.2 Å². The van der Waals surface area contributed by atoms with Crippen LogP contribution in [0.5, 0.6) is 0 Å². The Bertz CT molecular complexity index is 344. The molecule has 0 saturated heterocycles. The molecule has 1 unspecified atom stereocenters. The van der Waals surface area contributed by atoms with Crippen molar-refractivity contribution >= 4 is 23.2 Å². The molecule has 96 valence electrons. The first kappa shape index (κ1) is 14.8. The molecule has 1 aromatic carbocycles. The lowest BCUT2D eigenvalue weighted by atomic mass is 9.78. The molecule has 2 nitrogen and oxygen atoms in total. The van der Waals surface area contributed by atoms with Crippen LogP contribution in [0.3, 0.4) is 0 Å². The summed E-state index contributed by atoms with van der Waals surface area (Å²) in [6.45, 7) is 2.56. The highest BCUT2D eigenvalue weighted by Crippen LogP contribution is 2.34. The molecular formula is C13H19Cl2NO. The monoisotopic (exact) mass is 275 g/mol. The molecule has 0 fully saturated rings. The van der Waals surface area contributed by atoms with Gasteiger partial charge in [0.2, 0.25) is 0 Å². The standard InChI is InChI=1S/C13H19Cl2NO/c1-2-6-13(8-16,9-17)7-10-11(14)4-3-5-12(10)15/h3-5,17H,2,6-9,16H2,1H3. The van der Waals surface area contributed by atoms with Gasteiger partial charge in [-0.15, -0.1) is 0 Å². The van der Waals surface area contributed by atoms with Gasteiger partial charge in [0.15, 0.2) is 0 Å². The maximum Gasteiger partial charge on any atom is 0.0502 e. The van der Waals surface area contributed by atoms with Gasteiger partial charge in [-0.1, -0.05) is 42.6 Å². The molecule has 0 aliphatic rings. The molecule has 0 heterocycles. The van der Waals surface area contributed by atoms with E-state index in [0.717, 1.165) is 18.4 Å². The molecule has 0 radical (unpaired) electrons. The Labute approximate surface area is 113 Å². The summed E-state index contributed by atoms with van der Waals surface area (Å²) in [6, 6.07) is 5.44. The Morgan fingerprint density at radius 2 is 1.88 bits per heavy atom. The quantitative estimate of drug-likeness (QED) is 0.837. The number of benzene rings is 1. The zero-order valence-electron chi connectivity index (χ0n) is 10.0. The Morgan fingerprint density at radius 3 is 2.29 bits per heavy atom. The van der Waals surface area contributed by atoms with E-state index in [1.807, 2.05) is 18.2 Å². The molecular weight excluding hydrogens is 257 g/mol. The normalized spacial score (nSPS) is 14.6. The molecule has 0 amide bonds. The van der Waals surface area contributed by atoms with Crippen LogP contribution in [0.25, 0.3) is 0 Å². The van der Waals surface area contributed by atoms with E-state index in [2.05, 4.69) is 6.92 Å². The Balaban J connectivity index is 3.01. The third-order valence-corrected chi connectivity index (χ3v) is 3.87. The largest absolute Gasteiger partial charge is 0.396 e. The van der Waals surface area contributed by atoms with Crippen molar-refractivity contribution in [1.82, 2.24) is 0 Å². The molecule has 0 aliphatic heterocycles. The van der Waals surface area contributed by atoms with E-state index < -0.39 is 0 Å². The number of aliphatic hydroxyl groups excluding tert-OH is 1. The summed E-state index contributed by atoms with van der Waals surface area (Å²) < 4.78 is 0. The molecule has 0 aliphatic carbocycles. The summed E-state index contributed by atoms with van der Waals surface area (Å²) in [4.78, 5) is 0. The summed E-state index contributed by atoms with van der Waals surface area (Å²) in [7, 11) is 0. The van der Waals surface area contributed by atoms with Crippen LogP contribution in [0.4, 0.5) is 0 Å². The van der Waals surface area contributed by atoms with Gasteiger partial charge in [-0.25, -0.2) is 0 Å². The predicted octanol–water partition coefficient (Wildman–Crippen LogP) is 3.27. The number of aliphatic hydroxyl groups is 1. The van der Waals surface area contributed by atoms with Gasteiger partial charge in [0.1, 0.15) is 0 Å². The van der Waals surface area contributed by atoms with Gasteiger partial charge in [0.05, 0.1) is 6.61 Å². The average Bonchev–Trinajstić information content (AvgIpc) is 2.33. The van der Waals surface area contributed by atoms with Gasteiger partial charge in [-0.05, 0) is 30.5 Å². The van der Waals surface area contributed by atoms with E-state index in [9.17, 15) is 5.11 Å². The first-order valence-corrected chi connectivity index (χ1v) is 6.58. The number of nitrogens with two attached hydrogens (primary N) is 1. The first-order chi connectivity index (χ1) is 8.08. The van der Waals surface area contributed by atoms with Crippen molar-refractivity contribution < 1.29 is 5.11 Å². The zero-order valence-corrected chi connectivity index (χ0v) is 11.6. The molecule has 1 atom stereocenters. The van der Waals surface area contributed by atoms with Crippen molar-refractivity contribution in [2.45, 2.75) is 26.2 Å². The lowest BCUT2D eigenvalue weighted by Gasteiger charge is -2.31. The number of halogens is 2. The summed E-state index contributed by atoms with van der Waals surface area (Å²) in [6.07, 6.45) is 2.45. The Hall–Kier alpha value is -0.280. The lowest BCUT2D eigenvalue weighted by molar-refractivity contribution is 0.121. The molecule has 1 rings (SSSR count). The summed E-state index contributed by atoms with van der Waals surface area (Å²) in [5, 5.41) is 10.9. The molecule has 1 aromatic rings. The molecule has 17 heavy (non-hydrogen) atoms. The number of rotatable bonds is 6. The average molecular weight is 276 g/mol. The fraction of sp³-hybridized carbons (Fsp3) is 0.538. The van der Waals surface area contributed by atoms with Gasteiger partial charge < -0.3 is 10.8 Å². The van der Waals surface area contributed by atoms with Crippen LogP contribution < -0.4 is 5.73 Å².